The summed E-state index contributed by atoms with van der Waals surface area (Å²) in [6.45, 7) is 6.49. The van der Waals surface area contributed by atoms with Crippen LogP contribution < -0.4 is 5.32 Å². The molecule has 0 spiro atoms. The molecule has 0 aliphatic heterocycles. The second kappa shape index (κ2) is 45.9. The zero-order valence-corrected chi connectivity index (χ0v) is 38.8. The van der Waals surface area contributed by atoms with E-state index in [1.165, 1.54) is 205 Å². The molecule has 0 aromatic carbocycles. The average Bonchev–Trinajstić information content (AvgIpc) is 3.20. The Bertz CT molecular complexity index is 821. The molecular weight excluding hydrogens is 707 g/mol. The quantitative estimate of drug-likeness (QED) is 0.0420. The number of ether oxygens (including phenoxy) is 1. The first-order valence-corrected chi connectivity index (χ1v) is 25.8. The van der Waals surface area contributed by atoms with Crippen molar-refractivity contribution in [1.82, 2.24) is 5.32 Å². The normalized spacial score (nSPS) is 13.1. The van der Waals surface area contributed by atoms with Gasteiger partial charge in [-0.1, -0.05) is 252 Å². The van der Waals surface area contributed by atoms with Gasteiger partial charge in [0.1, 0.15) is 6.10 Å². The molecule has 0 fully saturated rings. The highest BCUT2D eigenvalue weighted by atomic mass is 16.5. The largest absolute Gasteiger partial charge is 0.462 e. The van der Waals surface area contributed by atoms with Gasteiger partial charge in [-0.25, -0.2) is 0 Å². The fourth-order valence-electron chi connectivity index (χ4n) is 8.26. The standard InChI is InChI=1S/C51H101NO5/c1-4-7-10-13-16-19-21-23-24-25-27-29-32-35-38-41-44-51(56)57-47(42-39-36-33-31-28-26-22-20-17-14-11-8-5-2)45-50(55)52-48(46-53)49(54)43-40-37-34-30-18-15-12-9-6-3/h47-49,53-54H,4-46H2,1-3H3,(H,52,55). The molecule has 57 heavy (non-hydrogen) atoms. The van der Waals surface area contributed by atoms with E-state index in [2.05, 4.69) is 26.1 Å². The number of esters is 1. The van der Waals surface area contributed by atoms with E-state index >= 15 is 0 Å². The SMILES string of the molecule is CCCCCCCCCCCCCCCCCCC(=O)OC(CCCCCCCCCCCCCCC)CC(=O)NC(CO)C(O)CCCCCCCCCCC. The maximum atomic E-state index is 13.2. The Morgan fingerprint density at radius 2 is 0.737 bits per heavy atom. The van der Waals surface area contributed by atoms with Crippen LogP contribution in [-0.2, 0) is 14.3 Å². The molecule has 3 atom stereocenters. The first kappa shape index (κ1) is 55.9. The van der Waals surface area contributed by atoms with Gasteiger partial charge in [0.25, 0.3) is 0 Å². The summed E-state index contributed by atoms with van der Waals surface area (Å²) >= 11 is 0. The number of aliphatic hydroxyl groups is 2. The van der Waals surface area contributed by atoms with Gasteiger partial charge in [0.05, 0.1) is 25.2 Å². The van der Waals surface area contributed by atoms with Gasteiger partial charge < -0.3 is 20.3 Å². The van der Waals surface area contributed by atoms with Gasteiger partial charge in [-0.3, -0.25) is 9.59 Å². The minimum absolute atomic E-state index is 0.0875. The summed E-state index contributed by atoms with van der Waals surface area (Å²) in [6.07, 6.45) is 48.8. The van der Waals surface area contributed by atoms with E-state index in [0.29, 0.717) is 19.3 Å². The second-order valence-corrected chi connectivity index (χ2v) is 17.9. The third-order valence-corrected chi connectivity index (χ3v) is 12.2. The van der Waals surface area contributed by atoms with E-state index in [4.69, 9.17) is 4.74 Å². The third kappa shape index (κ3) is 41.4. The Kier molecular flexibility index (Phi) is 45.0. The molecule has 0 saturated heterocycles. The van der Waals surface area contributed by atoms with Gasteiger partial charge >= 0.3 is 5.97 Å². The second-order valence-electron chi connectivity index (χ2n) is 17.9. The van der Waals surface area contributed by atoms with Gasteiger partial charge in [-0.05, 0) is 25.7 Å². The van der Waals surface area contributed by atoms with Crippen LogP contribution in [0.1, 0.15) is 290 Å². The van der Waals surface area contributed by atoms with Crippen LogP contribution in [-0.4, -0.2) is 46.9 Å². The fourth-order valence-corrected chi connectivity index (χ4v) is 8.26. The van der Waals surface area contributed by atoms with Crippen molar-refractivity contribution in [2.24, 2.45) is 0 Å². The molecule has 6 heteroatoms. The lowest BCUT2D eigenvalue weighted by Crippen LogP contribution is -2.46. The lowest BCUT2D eigenvalue weighted by Gasteiger charge is -2.24. The molecule has 6 nitrogen and oxygen atoms in total. The van der Waals surface area contributed by atoms with Crippen molar-refractivity contribution >= 4 is 11.9 Å². The predicted molar refractivity (Wildman–Crippen MR) is 246 cm³/mol. The number of rotatable bonds is 47. The summed E-state index contributed by atoms with van der Waals surface area (Å²) < 4.78 is 5.94. The van der Waals surface area contributed by atoms with Crippen LogP contribution in [0.3, 0.4) is 0 Å². The number of aliphatic hydroxyl groups excluding tert-OH is 2. The van der Waals surface area contributed by atoms with Crippen molar-refractivity contribution in [2.75, 3.05) is 6.61 Å². The summed E-state index contributed by atoms with van der Waals surface area (Å²) in [4.78, 5) is 26.1. The van der Waals surface area contributed by atoms with E-state index in [1.54, 1.807) is 0 Å². The van der Waals surface area contributed by atoms with Crippen LogP contribution in [0.25, 0.3) is 0 Å². The van der Waals surface area contributed by atoms with Crippen molar-refractivity contribution in [3.63, 3.8) is 0 Å². The minimum atomic E-state index is -0.777. The van der Waals surface area contributed by atoms with E-state index in [-0.39, 0.29) is 24.9 Å². The molecule has 0 radical (unpaired) electrons. The van der Waals surface area contributed by atoms with Crippen LogP contribution in [0.4, 0.5) is 0 Å². The van der Waals surface area contributed by atoms with Crippen LogP contribution in [0.15, 0.2) is 0 Å². The number of carbonyl (C=O) groups is 2. The molecule has 1 amide bonds. The summed E-state index contributed by atoms with van der Waals surface area (Å²) in [5.74, 6) is -0.452. The smallest absolute Gasteiger partial charge is 0.306 e. The van der Waals surface area contributed by atoms with E-state index < -0.39 is 18.2 Å². The summed E-state index contributed by atoms with van der Waals surface area (Å²) in [6, 6.07) is -0.690. The van der Waals surface area contributed by atoms with Crippen molar-refractivity contribution < 1.29 is 24.5 Å². The fraction of sp³-hybridized carbons (Fsp3) is 0.961. The zero-order valence-electron chi connectivity index (χ0n) is 38.8. The lowest BCUT2D eigenvalue weighted by molar-refractivity contribution is -0.151. The molecule has 3 N–H and O–H groups in total. The first-order chi connectivity index (χ1) is 28.0. The number of hydrogen-bond acceptors (Lipinski definition) is 5. The molecular formula is C51H101NO5. The maximum Gasteiger partial charge on any atom is 0.306 e. The minimum Gasteiger partial charge on any atom is -0.462 e. The van der Waals surface area contributed by atoms with Crippen molar-refractivity contribution in [3.05, 3.63) is 0 Å². The Balaban J connectivity index is 4.48. The van der Waals surface area contributed by atoms with Crippen LogP contribution in [0, 0.1) is 0 Å². The summed E-state index contributed by atoms with van der Waals surface area (Å²) in [7, 11) is 0. The topological polar surface area (TPSA) is 95.9 Å². The van der Waals surface area contributed by atoms with E-state index in [9.17, 15) is 19.8 Å². The van der Waals surface area contributed by atoms with Crippen LogP contribution in [0.2, 0.25) is 0 Å². The zero-order chi connectivity index (χ0) is 41.7. The number of unbranched alkanes of at least 4 members (excludes halogenated alkanes) is 35. The van der Waals surface area contributed by atoms with Crippen molar-refractivity contribution in [1.29, 1.82) is 0 Å². The highest BCUT2D eigenvalue weighted by Crippen LogP contribution is 2.19. The molecule has 0 aliphatic rings. The van der Waals surface area contributed by atoms with Crippen LogP contribution >= 0.6 is 0 Å². The molecule has 340 valence electrons. The lowest BCUT2D eigenvalue weighted by atomic mass is 10.0. The number of hydrogen-bond donors (Lipinski definition) is 3. The molecule has 0 aromatic rings. The van der Waals surface area contributed by atoms with Gasteiger partial charge in [-0.2, -0.15) is 0 Å². The molecule has 0 heterocycles. The maximum absolute atomic E-state index is 13.2. The molecule has 0 rings (SSSR count). The highest BCUT2D eigenvalue weighted by molar-refractivity contribution is 5.77. The van der Waals surface area contributed by atoms with Crippen molar-refractivity contribution in [3.8, 4) is 0 Å². The van der Waals surface area contributed by atoms with E-state index in [0.717, 1.165) is 38.5 Å². The molecule has 0 aliphatic carbocycles. The monoisotopic (exact) mass is 808 g/mol. The molecule has 3 unspecified atom stereocenters. The Morgan fingerprint density at radius 3 is 1.07 bits per heavy atom. The molecule has 0 saturated carbocycles. The Hall–Kier alpha value is -1.14. The van der Waals surface area contributed by atoms with Crippen LogP contribution in [0.5, 0.6) is 0 Å². The first-order valence-electron chi connectivity index (χ1n) is 25.8. The highest BCUT2D eigenvalue weighted by Gasteiger charge is 2.24. The Labute approximate surface area is 356 Å². The van der Waals surface area contributed by atoms with Gasteiger partial charge in [0.15, 0.2) is 0 Å². The van der Waals surface area contributed by atoms with Gasteiger partial charge in [-0.15, -0.1) is 0 Å². The Morgan fingerprint density at radius 1 is 0.439 bits per heavy atom. The van der Waals surface area contributed by atoms with Gasteiger partial charge in [0.2, 0.25) is 5.91 Å². The van der Waals surface area contributed by atoms with E-state index in [1.807, 2.05) is 0 Å². The number of carbonyl (C=O) groups excluding carboxylic acids is 2. The molecule has 0 bridgehead atoms. The number of amides is 1. The van der Waals surface area contributed by atoms with Gasteiger partial charge in [0, 0.05) is 6.42 Å². The predicted octanol–water partition coefficient (Wildman–Crippen LogP) is 15.2. The number of nitrogens with one attached hydrogen (secondary N) is 1. The summed E-state index contributed by atoms with van der Waals surface area (Å²) in [5, 5.41) is 23.7. The molecule has 0 aromatic heterocycles. The third-order valence-electron chi connectivity index (χ3n) is 12.2. The summed E-state index contributed by atoms with van der Waals surface area (Å²) in [5.41, 5.74) is 0. The average molecular weight is 808 g/mol. The van der Waals surface area contributed by atoms with Crippen molar-refractivity contribution in [2.45, 2.75) is 309 Å².